The number of azide groups is 1. The Labute approximate surface area is 183 Å². The monoisotopic (exact) mass is 439 g/mol. The maximum absolute atomic E-state index is 14.4. The zero-order valence-electron chi connectivity index (χ0n) is 17.9. The number of hydrogen-bond acceptors (Lipinski definition) is 7. The van der Waals surface area contributed by atoms with Gasteiger partial charge in [0.05, 0.1) is 25.4 Å². The van der Waals surface area contributed by atoms with Gasteiger partial charge in [-0.15, -0.1) is 0 Å². The second-order valence-electron chi connectivity index (χ2n) is 7.83. The average Bonchev–Trinajstić information content (AvgIpc) is 3.32. The minimum Gasteiger partial charge on any atom is -0.486 e. The Kier molecular flexibility index (Phi) is 5.58. The number of carbonyl (C=O) groups excluding carboxylic acids is 1. The highest BCUT2D eigenvalue weighted by molar-refractivity contribution is 5.95. The minimum atomic E-state index is -0.736. The minimum absolute atomic E-state index is 0.136. The number of nitrogens with one attached hydrogen (secondary N) is 1. The SMILES string of the molecule is CCOC(=O)c1cnn2ccc(N[C@H](C)c3cc(F)cc4c3O[C@@](C)(CN=[N+]=[N-])C4)nc12. The number of ether oxygens (including phenoxy) is 2. The van der Waals surface area contributed by atoms with Crippen LogP contribution in [0.4, 0.5) is 10.2 Å². The molecule has 1 aromatic carbocycles. The van der Waals surface area contributed by atoms with E-state index >= 15 is 0 Å². The summed E-state index contributed by atoms with van der Waals surface area (Å²) in [6, 6.07) is 4.19. The van der Waals surface area contributed by atoms with Crippen molar-refractivity contribution in [3.05, 3.63) is 63.5 Å². The Hall–Kier alpha value is -3.85. The van der Waals surface area contributed by atoms with Crippen LogP contribution in [-0.4, -0.2) is 39.3 Å². The normalized spacial score (nSPS) is 17.9. The fraction of sp³-hybridized carbons (Fsp3) is 0.381. The number of carbonyl (C=O) groups is 1. The van der Waals surface area contributed by atoms with E-state index < -0.39 is 11.6 Å². The fourth-order valence-electron chi connectivity index (χ4n) is 3.81. The highest BCUT2D eigenvalue weighted by atomic mass is 19.1. The first kappa shape index (κ1) is 21.4. The molecule has 3 aromatic rings. The predicted molar refractivity (Wildman–Crippen MR) is 114 cm³/mol. The molecule has 0 unspecified atom stereocenters. The summed E-state index contributed by atoms with van der Waals surface area (Å²) in [7, 11) is 0. The molecule has 4 rings (SSSR count). The van der Waals surface area contributed by atoms with E-state index in [2.05, 4.69) is 25.4 Å². The first-order valence-electron chi connectivity index (χ1n) is 10.1. The second kappa shape index (κ2) is 8.35. The molecule has 0 bridgehead atoms. The molecular formula is C21H22FN7O3. The van der Waals surface area contributed by atoms with Crippen molar-refractivity contribution in [2.45, 2.75) is 38.8 Å². The summed E-state index contributed by atoms with van der Waals surface area (Å²) < 4.78 is 27.0. The summed E-state index contributed by atoms with van der Waals surface area (Å²) in [5.41, 5.74) is 9.85. The molecule has 3 heterocycles. The van der Waals surface area contributed by atoms with E-state index in [9.17, 15) is 9.18 Å². The van der Waals surface area contributed by atoms with Crippen molar-refractivity contribution in [2.75, 3.05) is 18.5 Å². The first-order chi connectivity index (χ1) is 15.3. The number of fused-ring (bicyclic) bond motifs is 2. The smallest absolute Gasteiger partial charge is 0.343 e. The molecule has 11 heteroatoms. The van der Waals surface area contributed by atoms with Gasteiger partial charge < -0.3 is 14.8 Å². The summed E-state index contributed by atoms with van der Waals surface area (Å²) in [5.74, 6) is 0.160. The lowest BCUT2D eigenvalue weighted by Crippen LogP contribution is -2.33. The van der Waals surface area contributed by atoms with E-state index in [0.29, 0.717) is 34.8 Å². The van der Waals surface area contributed by atoms with Gasteiger partial charge in [-0.3, -0.25) is 0 Å². The van der Waals surface area contributed by atoms with Crippen LogP contribution in [0.1, 0.15) is 48.3 Å². The second-order valence-corrected chi connectivity index (χ2v) is 7.83. The van der Waals surface area contributed by atoms with Gasteiger partial charge in [0.15, 0.2) is 5.65 Å². The van der Waals surface area contributed by atoms with E-state index in [1.165, 1.54) is 22.8 Å². The number of aromatic nitrogens is 3. The largest absolute Gasteiger partial charge is 0.486 e. The third kappa shape index (κ3) is 4.02. The Bertz CT molecular complexity index is 1240. The van der Waals surface area contributed by atoms with Crippen molar-refractivity contribution < 1.29 is 18.7 Å². The number of halogens is 1. The fourth-order valence-corrected chi connectivity index (χ4v) is 3.81. The van der Waals surface area contributed by atoms with E-state index in [1.54, 1.807) is 19.2 Å². The Morgan fingerprint density at radius 3 is 3.09 bits per heavy atom. The molecule has 0 saturated carbocycles. The maximum Gasteiger partial charge on any atom is 0.343 e. The molecule has 0 spiro atoms. The summed E-state index contributed by atoms with van der Waals surface area (Å²) in [5, 5.41) is 11.0. The lowest BCUT2D eigenvalue weighted by Gasteiger charge is -2.23. The molecule has 2 atom stereocenters. The molecule has 10 nitrogen and oxygen atoms in total. The van der Waals surface area contributed by atoms with Gasteiger partial charge in [0.2, 0.25) is 0 Å². The summed E-state index contributed by atoms with van der Waals surface area (Å²) in [6.45, 7) is 5.79. The third-order valence-electron chi connectivity index (χ3n) is 5.24. The highest BCUT2D eigenvalue weighted by Gasteiger charge is 2.37. The van der Waals surface area contributed by atoms with E-state index in [0.717, 1.165) is 0 Å². The van der Waals surface area contributed by atoms with Crippen LogP contribution < -0.4 is 10.1 Å². The van der Waals surface area contributed by atoms with Gasteiger partial charge >= 0.3 is 5.97 Å². The van der Waals surface area contributed by atoms with Crippen LogP contribution in [0, 0.1) is 5.82 Å². The Balaban J connectivity index is 1.62. The van der Waals surface area contributed by atoms with Crippen LogP contribution in [0.25, 0.3) is 16.1 Å². The zero-order chi connectivity index (χ0) is 22.9. The molecule has 1 N–H and O–H groups in total. The highest BCUT2D eigenvalue weighted by Crippen LogP contribution is 2.41. The molecule has 0 saturated heterocycles. The lowest BCUT2D eigenvalue weighted by molar-refractivity contribution is 0.0528. The molecule has 0 amide bonds. The molecule has 166 valence electrons. The molecule has 1 aliphatic heterocycles. The number of esters is 1. The van der Waals surface area contributed by atoms with E-state index in [-0.39, 0.29) is 30.6 Å². The van der Waals surface area contributed by atoms with Gasteiger partial charge in [-0.25, -0.2) is 18.7 Å². The van der Waals surface area contributed by atoms with Crippen LogP contribution in [-0.2, 0) is 11.2 Å². The third-order valence-corrected chi connectivity index (χ3v) is 5.24. The first-order valence-corrected chi connectivity index (χ1v) is 10.1. The molecular weight excluding hydrogens is 417 g/mol. The number of benzene rings is 1. The quantitative estimate of drug-likeness (QED) is 0.254. The standard InChI is InChI=1S/C21H22FN7O3/c1-4-31-20(30)16-10-25-29-6-5-17(27-19(16)29)26-12(2)15-8-14(22)7-13-9-21(3,11-24-28-23)32-18(13)15/h5-8,10,12H,4,9,11H2,1-3H3,(H,26,27)/t12-,21-/m1/s1. The predicted octanol–water partition coefficient (Wildman–Crippen LogP) is 4.22. The van der Waals surface area contributed by atoms with Crippen molar-refractivity contribution >= 4 is 17.4 Å². The van der Waals surface area contributed by atoms with Gasteiger partial charge in [-0.1, -0.05) is 5.11 Å². The van der Waals surface area contributed by atoms with Crippen molar-refractivity contribution in [2.24, 2.45) is 5.11 Å². The Morgan fingerprint density at radius 2 is 2.34 bits per heavy atom. The van der Waals surface area contributed by atoms with Crippen LogP contribution in [0.5, 0.6) is 5.75 Å². The van der Waals surface area contributed by atoms with Gasteiger partial charge in [0.25, 0.3) is 0 Å². The lowest BCUT2D eigenvalue weighted by atomic mass is 9.97. The topological polar surface area (TPSA) is 127 Å². The van der Waals surface area contributed by atoms with E-state index in [4.69, 9.17) is 15.0 Å². The van der Waals surface area contributed by atoms with Gasteiger partial charge in [0.1, 0.15) is 28.5 Å². The maximum atomic E-state index is 14.4. The van der Waals surface area contributed by atoms with Crippen LogP contribution >= 0.6 is 0 Å². The van der Waals surface area contributed by atoms with E-state index in [1.807, 2.05) is 13.8 Å². The zero-order valence-corrected chi connectivity index (χ0v) is 17.9. The Morgan fingerprint density at radius 1 is 1.53 bits per heavy atom. The molecule has 0 fully saturated rings. The van der Waals surface area contributed by atoms with Crippen molar-refractivity contribution in [3.63, 3.8) is 0 Å². The van der Waals surface area contributed by atoms with Crippen LogP contribution in [0.3, 0.4) is 0 Å². The molecule has 2 aromatic heterocycles. The molecule has 0 aliphatic carbocycles. The molecule has 32 heavy (non-hydrogen) atoms. The molecule has 0 radical (unpaired) electrons. The number of rotatable bonds is 7. The number of anilines is 1. The van der Waals surface area contributed by atoms with Crippen LogP contribution in [0.15, 0.2) is 35.7 Å². The number of hydrogen-bond donors (Lipinski definition) is 1. The number of nitrogens with zero attached hydrogens (tertiary/aromatic N) is 6. The van der Waals surface area contributed by atoms with Crippen LogP contribution in [0.2, 0.25) is 0 Å². The summed E-state index contributed by atoms with van der Waals surface area (Å²) in [6.07, 6.45) is 3.51. The molecule has 1 aliphatic rings. The van der Waals surface area contributed by atoms with Crippen molar-refractivity contribution in [1.82, 2.24) is 14.6 Å². The summed E-state index contributed by atoms with van der Waals surface area (Å²) in [4.78, 5) is 19.4. The van der Waals surface area contributed by atoms with Gasteiger partial charge in [-0.2, -0.15) is 5.10 Å². The van der Waals surface area contributed by atoms with Gasteiger partial charge in [0, 0.05) is 28.7 Å². The van der Waals surface area contributed by atoms with Crippen molar-refractivity contribution in [1.29, 1.82) is 0 Å². The summed E-state index contributed by atoms with van der Waals surface area (Å²) >= 11 is 0. The van der Waals surface area contributed by atoms with Gasteiger partial charge in [-0.05, 0) is 44.5 Å². The van der Waals surface area contributed by atoms with Crippen molar-refractivity contribution in [3.8, 4) is 5.75 Å². The average molecular weight is 439 g/mol.